The van der Waals surface area contributed by atoms with Crippen LogP contribution < -0.4 is 0 Å². The summed E-state index contributed by atoms with van der Waals surface area (Å²) < 4.78 is 3.27. The first kappa shape index (κ1) is 9.06. The van der Waals surface area contributed by atoms with Crippen molar-refractivity contribution in [2.24, 2.45) is 0 Å². The fourth-order valence-corrected chi connectivity index (χ4v) is 5.31. The molecule has 0 N–H and O–H groups in total. The molecule has 1 fully saturated rings. The van der Waals surface area contributed by atoms with Gasteiger partial charge < -0.3 is 0 Å². The quantitative estimate of drug-likeness (QED) is 0.803. The molecule has 0 spiro atoms. The Balaban J connectivity index is 2.02. The Morgan fingerprint density at radius 2 is 2.54 bits per heavy atom. The first-order chi connectivity index (χ1) is 6.36. The fraction of sp³-hybridized carbons (Fsp3) is 0.333. The first-order valence-corrected chi connectivity index (χ1v) is 8.18. The van der Waals surface area contributed by atoms with Crippen LogP contribution >= 0.6 is 0 Å². The Bertz CT molecular complexity index is 302. The van der Waals surface area contributed by atoms with E-state index in [0.29, 0.717) is 5.91 Å². The van der Waals surface area contributed by atoms with Crippen LogP contribution in [0, 0.1) is 0 Å². The molecule has 65 valence electrons. The molecule has 1 aromatic heterocycles. The molecule has 13 heavy (non-hydrogen) atoms. The molecule has 1 aliphatic heterocycles. The van der Waals surface area contributed by atoms with Crippen molar-refractivity contribution in [3.63, 3.8) is 0 Å². The molecule has 1 aliphatic rings. The van der Waals surface area contributed by atoms with Crippen molar-refractivity contribution < 1.29 is 4.79 Å². The minimum atomic E-state index is -0.710. The number of hydrogen-bond donors (Lipinski definition) is 0. The van der Waals surface area contributed by atoms with Crippen LogP contribution in [-0.4, -0.2) is 37.0 Å². The predicted octanol–water partition coefficient (Wildman–Crippen LogP) is 0.851. The van der Waals surface area contributed by atoms with Gasteiger partial charge in [-0.1, -0.05) is 0 Å². The van der Waals surface area contributed by atoms with Gasteiger partial charge in [0.15, 0.2) is 0 Å². The minimum absolute atomic E-state index is 0.352. The van der Waals surface area contributed by atoms with Crippen LogP contribution in [0.3, 0.4) is 0 Å². The number of rotatable bonds is 2. The Morgan fingerprint density at radius 1 is 1.62 bits per heavy atom. The van der Waals surface area contributed by atoms with Gasteiger partial charge in [-0.05, 0) is 0 Å². The van der Waals surface area contributed by atoms with Gasteiger partial charge in [-0.25, -0.2) is 0 Å². The Morgan fingerprint density at radius 3 is 3.15 bits per heavy atom. The summed E-state index contributed by atoms with van der Waals surface area (Å²) in [7, 11) is 0. The summed E-state index contributed by atoms with van der Waals surface area (Å²) >= 11 is -0.710. The number of aromatic nitrogens is 1. The van der Waals surface area contributed by atoms with Crippen molar-refractivity contribution in [3.05, 3.63) is 30.1 Å². The third-order valence-electron chi connectivity index (χ3n) is 2.10. The average Bonchev–Trinajstić information content (AvgIpc) is 2.54. The van der Waals surface area contributed by atoms with Gasteiger partial charge in [-0.3, -0.25) is 0 Å². The van der Waals surface area contributed by atoms with Crippen molar-refractivity contribution >= 4 is 29.1 Å². The maximum atomic E-state index is 11.3. The number of amides is 1. The summed E-state index contributed by atoms with van der Waals surface area (Å²) in [5, 5.41) is 0. The zero-order chi connectivity index (χ0) is 9.10. The molecule has 4 heteroatoms. The van der Waals surface area contributed by atoms with Gasteiger partial charge in [0.2, 0.25) is 0 Å². The predicted molar refractivity (Wildman–Crippen MR) is 50.0 cm³/mol. The van der Waals surface area contributed by atoms with Crippen LogP contribution in [0.2, 0.25) is 4.18 Å². The van der Waals surface area contributed by atoms with Gasteiger partial charge in [0, 0.05) is 0 Å². The van der Waals surface area contributed by atoms with Gasteiger partial charge >= 0.3 is 89.0 Å². The van der Waals surface area contributed by atoms with Crippen LogP contribution in [0.5, 0.6) is 0 Å². The second-order valence-corrected chi connectivity index (χ2v) is 7.57. The van der Waals surface area contributed by atoms with E-state index in [1.54, 1.807) is 6.20 Å². The number of carbonyl (C=O) groups excluding carboxylic acids is 1. The molecule has 1 aromatic rings. The second kappa shape index (κ2) is 4.13. The second-order valence-electron chi connectivity index (χ2n) is 3.10. The zero-order valence-electron chi connectivity index (χ0n) is 7.31. The molecule has 0 aromatic carbocycles. The molecule has 1 saturated heterocycles. The van der Waals surface area contributed by atoms with E-state index in [-0.39, 0.29) is 0 Å². The zero-order valence-corrected chi connectivity index (χ0v) is 10.6. The summed E-state index contributed by atoms with van der Waals surface area (Å²) in [5.41, 5.74) is 1.16. The molecule has 2 rings (SSSR count). The van der Waals surface area contributed by atoms with E-state index in [1.807, 2.05) is 18.3 Å². The molecule has 1 amide bonds. The van der Waals surface area contributed by atoms with Crippen molar-refractivity contribution in [1.29, 1.82) is 0 Å². The van der Waals surface area contributed by atoms with Crippen molar-refractivity contribution in [2.45, 2.75) is 17.1 Å². The molecule has 0 saturated carbocycles. The third kappa shape index (κ3) is 2.24. The van der Waals surface area contributed by atoms with Crippen LogP contribution in [0.1, 0.15) is 12.0 Å². The summed E-state index contributed by atoms with van der Waals surface area (Å²) in [6.07, 6.45) is 4.40. The number of hydrogen-bond acceptors (Lipinski definition) is 2. The van der Waals surface area contributed by atoms with Crippen LogP contribution in [0.4, 0.5) is 0 Å². The van der Waals surface area contributed by atoms with Gasteiger partial charge in [0.1, 0.15) is 0 Å². The number of nitrogens with zero attached hydrogens (tertiary/aromatic N) is 2. The van der Waals surface area contributed by atoms with Crippen LogP contribution in [0.25, 0.3) is 0 Å². The first-order valence-electron chi connectivity index (χ1n) is 4.38. The van der Waals surface area contributed by atoms with Crippen LogP contribution in [0.15, 0.2) is 24.5 Å². The fourth-order valence-electron chi connectivity index (χ4n) is 1.43. The van der Waals surface area contributed by atoms with E-state index in [2.05, 4.69) is 7.87 Å². The Kier molecular flexibility index (Phi) is 2.88. The molecular weight excluding hydrogens is 267 g/mol. The SMILES string of the molecule is O=C1C[CH2][In][N]1Cc1cccnc1. The van der Waals surface area contributed by atoms with Gasteiger partial charge in [-0.15, -0.1) is 0 Å². The third-order valence-corrected chi connectivity index (χ3v) is 6.27. The molecule has 0 aliphatic carbocycles. The molecule has 1 radical (unpaired) electrons. The molecule has 0 unspecified atom stereocenters. The number of carbonyl (C=O) groups is 1. The molecule has 0 bridgehead atoms. The van der Waals surface area contributed by atoms with E-state index < -0.39 is 23.2 Å². The summed E-state index contributed by atoms with van der Waals surface area (Å²) in [6, 6.07) is 3.95. The summed E-state index contributed by atoms with van der Waals surface area (Å²) in [5.74, 6) is 0.352. The van der Waals surface area contributed by atoms with Crippen molar-refractivity contribution in [2.75, 3.05) is 0 Å². The van der Waals surface area contributed by atoms with E-state index >= 15 is 0 Å². The molecule has 0 atom stereocenters. The molecular formula is C9H10InN2O. The van der Waals surface area contributed by atoms with Gasteiger partial charge in [0.25, 0.3) is 0 Å². The molecule has 3 nitrogen and oxygen atoms in total. The monoisotopic (exact) mass is 277 g/mol. The summed E-state index contributed by atoms with van der Waals surface area (Å²) in [6.45, 7) is 0.799. The molecule has 2 heterocycles. The number of pyridine rings is 1. The van der Waals surface area contributed by atoms with Gasteiger partial charge in [-0.2, -0.15) is 0 Å². The Hall–Kier alpha value is -0.510. The average molecular weight is 277 g/mol. The van der Waals surface area contributed by atoms with E-state index in [1.165, 1.54) is 4.18 Å². The topological polar surface area (TPSA) is 33.2 Å². The summed E-state index contributed by atoms with van der Waals surface area (Å²) in [4.78, 5) is 15.4. The van der Waals surface area contributed by atoms with Crippen molar-refractivity contribution in [3.8, 4) is 0 Å². The van der Waals surface area contributed by atoms with E-state index in [4.69, 9.17) is 0 Å². The van der Waals surface area contributed by atoms with E-state index in [9.17, 15) is 4.79 Å². The van der Waals surface area contributed by atoms with Gasteiger partial charge in [0.05, 0.1) is 0 Å². The Labute approximate surface area is 88.9 Å². The maximum absolute atomic E-state index is 11.3. The normalized spacial score (nSPS) is 16.0. The van der Waals surface area contributed by atoms with Crippen molar-refractivity contribution in [1.82, 2.24) is 7.87 Å². The van der Waals surface area contributed by atoms with Crippen LogP contribution in [-0.2, 0) is 11.3 Å². The standard InChI is InChI=1S/C9H11N2O.In/c1-2-9(12)11-7-8-4-3-5-10-6-8;/h3-6H,1-2,7H2,(H,11,12);/q;+1/p-1. The van der Waals surface area contributed by atoms with E-state index in [0.717, 1.165) is 18.5 Å².